The average Bonchev–Trinajstić information content (AvgIpc) is 3.41. The number of nitrogens with zero attached hydrogens (tertiary/aromatic N) is 7. The van der Waals surface area contributed by atoms with Crippen LogP contribution in [0.4, 0.5) is 0 Å². The number of pyridine rings is 1. The van der Waals surface area contributed by atoms with Crippen LogP contribution in [0.5, 0.6) is 0 Å². The molecule has 8 aromatic carbocycles. The van der Waals surface area contributed by atoms with Crippen LogP contribution in [-0.2, 0) is 0 Å². The highest BCUT2D eigenvalue weighted by molar-refractivity contribution is 5.97. The predicted octanol–water partition coefficient (Wildman–Crippen LogP) is 14.1. The van der Waals surface area contributed by atoms with Gasteiger partial charge < -0.3 is 0 Å². The van der Waals surface area contributed by atoms with Crippen molar-refractivity contribution in [3.8, 4) is 113 Å². The number of benzene rings is 8. The second-order valence-electron chi connectivity index (χ2n) is 15.7. The van der Waals surface area contributed by atoms with Crippen LogP contribution in [0.1, 0.15) is 0 Å². The van der Waals surface area contributed by atoms with Gasteiger partial charge in [0.2, 0.25) is 0 Å². The lowest BCUT2D eigenvalue weighted by atomic mass is 9.87. The van der Waals surface area contributed by atoms with Gasteiger partial charge in [-0.25, -0.2) is 29.9 Å². The molecule has 7 nitrogen and oxygen atoms in total. The summed E-state index contributed by atoms with van der Waals surface area (Å²) < 4.78 is 0. The number of rotatable bonds is 10. The highest BCUT2D eigenvalue weighted by Gasteiger charge is 2.21. The predicted molar refractivity (Wildman–Crippen MR) is 265 cm³/mol. The molecule has 0 aliphatic carbocycles. The molecular formula is C59H39N7. The van der Waals surface area contributed by atoms with Crippen molar-refractivity contribution in [2.45, 2.75) is 0 Å². The number of aromatic nitrogens is 7. The average molecular weight is 846 g/mol. The van der Waals surface area contributed by atoms with Gasteiger partial charge in [0, 0.05) is 45.1 Å². The maximum absolute atomic E-state index is 5.14. The first kappa shape index (κ1) is 39.8. The lowest BCUT2D eigenvalue weighted by Gasteiger charge is -2.18. The monoisotopic (exact) mass is 845 g/mol. The zero-order valence-electron chi connectivity index (χ0n) is 35.6. The van der Waals surface area contributed by atoms with Gasteiger partial charge in [-0.05, 0) is 51.6 Å². The van der Waals surface area contributed by atoms with E-state index < -0.39 is 0 Å². The summed E-state index contributed by atoms with van der Waals surface area (Å²) in [5, 5.41) is 0. The van der Waals surface area contributed by atoms with E-state index in [0.717, 1.165) is 78.0 Å². The summed E-state index contributed by atoms with van der Waals surface area (Å²) in [7, 11) is 0. The van der Waals surface area contributed by atoms with Crippen molar-refractivity contribution in [2.75, 3.05) is 0 Å². The van der Waals surface area contributed by atoms with Crippen LogP contribution in [0.25, 0.3) is 113 Å². The van der Waals surface area contributed by atoms with Gasteiger partial charge in [-0.2, -0.15) is 0 Å². The van der Waals surface area contributed by atoms with Crippen LogP contribution < -0.4 is 0 Å². The van der Waals surface area contributed by atoms with E-state index in [1.54, 1.807) is 0 Å². The van der Waals surface area contributed by atoms with E-state index in [1.807, 2.05) is 121 Å². The fourth-order valence-electron chi connectivity index (χ4n) is 8.27. The molecule has 0 fully saturated rings. The van der Waals surface area contributed by atoms with E-state index in [4.69, 9.17) is 34.9 Å². The lowest BCUT2D eigenvalue weighted by Crippen LogP contribution is -2.01. The quantitative estimate of drug-likeness (QED) is 0.135. The molecule has 0 saturated heterocycles. The minimum absolute atomic E-state index is 0.581. The van der Waals surface area contributed by atoms with E-state index in [2.05, 4.69) is 115 Å². The van der Waals surface area contributed by atoms with Gasteiger partial charge in [0.25, 0.3) is 0 Å². The Balaban J connectivity index is 1.05. The molecule has 7 heteroatoms. The van der Waals surface area contributed by atoms with Crippen molar-refractivity contribution in [2.24, 2.45) is 0 Å². The summed E-state index contributed by atoms with van der Waals surface area (Å²) in [6, 6.07) is 78.1. The fourth-order valence-corrected chi connectivity index (χ4v) is 8.27. The molecule has 3 aromatic heterocycles. The molecule has 0 aliphatic rings. The fraction of sp³-hybridized carbons (Fsp3) is 0. The van der Waals surface area contributed by atoms with Crippen molar-refractivity contribution >= 4 is 0 Å². The molecule has 310 valence electrons. The molecule has 0 atom stereocenters. The van der Waals surface area contributed by atoms with Gasteiger partial charge >= 0.3 is 0 Å². The Labute approximate surface area is 383 Å². The molecule has 0 unspecified atom stereocenters. The lowest BCUT2D eigenvalue weighted by molar-refractivity contribution is 1.07. The van der Waals surface area contributed by atoms with Crippen LogP contribution in [0, 0.1) is 0 Å². The molecular weight excluding hydrogens is 807 g/mol. The van der Waals surface area contributed by atoms with Gasteiger partial charge in [-0.3, -0.25) is 4.98 Å². The van der Waals surface area contributed by atoms with Crippen molar-refractivity contribution in [1.82, 2.24) is 34.9 Å². The third-order valence-electron chi connectivity index (χ3n) is 11.5. The molecule has 11 aromatic rings. The van der Waals surface area contributed by atoms with Gasteiger partial charge in [0.05, 0.1) is 5.69 Å². The smallest absolute Gasteiger partial charge is 0.164 e. The second-order valence-corrected chi connectivity index (χ2v) is 15.7. The van der Waals surface area contributed by atoms with Crippen LogP contribution in [0.15, 0.2) is 237 Å². The zero-order valence-corrected chi connectivity index (χ0v) is 35.6. The van der Waals surface area contributed by atoms with Crippen LogP contribution >= 0.6 is 0 Å². The first-order valence-corrected chi connectivity index (χ1v) is 21.8. The number of hydrogen-bond acceptors (Lipinski definition) is 7. The molecule has 0 amide bonds. The molecule has 3 heterocycles. The van der Waals surface area contributed by atoms with Crippen molar-refractivity contribution in [3.05, 3.63) is 237 Å². The topological polar surface area (TPSA) is 90.2 Å². The molecule has 0 bridgehead atoms. The molecule has 11 rings (SSSR count). The molecule has 0 aliphatic heterocycles. The molecule has 0 N–H and O–H groups in total. The van der Waals surface area contributed by atoms with Gasteiger partial charge in [-0.15, -0.1) is 0 Å². The SMILES string of the molecule is c1ccc(-c2cccc(-c3nc(-c4ccccc4)nc(-c4ccc(-c5c(-c6ccccn6)cccc5-c5ccccc5-c5nc(-c6ccccc6)nc(-c6ccccc6)n5)cc4)n3)c2)cc1. The Hall–Kier alpha value is -9.07. The van der Waals surface area contributed by atoms with Crippen LogP contribution in [0.2, 0.25) is 0 Å². The summed E-state index contributed by atoms with van der Waals surface area (Å²) in [4.78, 5) is 35.3. The summed E-state index contributed by atoms with van der Waals surface area (Å²) in [5.41, 5.74) is 13.5. The third kappa shape index (κ3) is 8.16. The Kier molecular flexibility index (Phi) is 10.8. The second kappa shape index (κ2) is 18.0. The number of hydrogen-bond donors (Lipinski definition) is 0. The van der Waals surface area contributed by atoms with E-state index >= 15 is 0 Å². The standard InChI is InChI=1S/C59H39N7/c1-5-19-40(20-6-1)46-27-17-28-47(39-46)58-63-54(42-21-7-2-8-22-42)61-57(64-58)45-36-34-41(35-37-45)53-49(31-18-32-51(53)52-33-15-16-38-60-52)48-29-13-14-30-50(48)59-65-55(43-23-9-3-10-24-43)62-56(66-59)44-25-11-4-12-26-44/h1-39H. The normalized spacial score (nSPS) is 11.0. The molecule has 0 spiro atoms. The summed E-state index contributed by atoms with van der Waals surface area (Å²) in [6.07, 6.45) is 1.84. The van der Waals surface area contributed by atoms with E-state index in [1.165, 1.54) is 0 Å². The first-order chi connectivity index (χ1) is 32.7. The van der Waals surface area contributed by atoms with Gasteiger partial charge in [0.1, 0.15) is 0 Å². The zero-order chi connectivity index (χ0) is 44.1. The third-order valence-corrected chi connectivity index (χ3v) is 11.5. The first-order valence-electron chi connectivity index (χ1n) is 21.8. The van der Waals surface area contributed by atoms with Crippen LogP contribution in [0.3, 0.4) is 0 Å². The van der Waals surface area contributed by atoms with E-state index in [-0.39, 0.29) is 0 Å². The van der Waals surface area contributed by atoms with E-state index in [9.17, 15) is 0 Å². The molecule has 0 saturated carbocycles. The highest BCUT2D eigenvalue weighted by Crippen LogP contribution is 2.43. The summed E-state index contributed by atoms with van der Waals surface area (Å²) in [6.45, 7) is 0. The molecule has 66 heavy (non-hydrogen) atoms. The Bertz CT molecular complexity index is 3380. The Morgan fingerprint density at radius 1 is 0.212 bits per heavy atom. The highest BCUT2D eigenvalue weighted by atomic mass is 15.0. The van der Waals surface area contributed by atoms with E-state index in [0.29, 0.717) is 34.9 Å². The molecule has 0 radical (unpaired) electrons. The Morgan fingerprint density at radius 3 is 1.14 bits per heavy atom. The summed E-state index contributed by atoms with van der Waals surface area (Å²) in [5.74, 6) is 3.58. The van der Waals surface area contributed by atoms with Crippen LogP contribution in [-0.4, -0.2) is 34.9 Å². The largest absolute Gasteiger partial charge is 0.256 e. The van der Waals surface area contributed by atoms with Crippen molar-refractivity contribution in [3.63, 3.8) is 0 Å². The summed E-state index contributed by atoms with van der Waals surface area (Å²) >= 11 is 0. The van der Waals surface area contributed by atoms with Crippen molar-refractivity contribution < 1.29 is 0 Å². The minimum Gasteiger partial charge on any atom is -0.256 e. The van der Waals surface area contributed by atoms with Gasteiger partial charge in [-0.1, -0.05) is 212 Å². The maximum atomic E-state index is 5.14. The minimum atomic E-state index is 0.581. The van der Waals surface area contributed by atoms with Crippen molar-refractivity contribution in [1.29, 1.82) is 0 Å². The maximum Gasteiger partial charge on any atom is 0.164 e. The van der Waals surface area contributed by atoms with Gasteiger partial charge in [0.15, 0.2) is 34.9 Å². The Morgan fingerprint density at radius 2 is 0.591 bits per heavy atom.